The normalized spacial score (nSPS) is 15.1. The van der Waals surface area contributed by atoms with E-state index in [2.05, 4.69) is 6.92 Å². The molecular weight excluding hydrogens is 179 g/mol. The molecular formula is C12H17FO. The molecule has 2 heteroatoms. The van der Waals surface area contributed by atoms with Crippen molar-refractivity contribution in [3.63, 3.8) is 0 Å². The van der Waals surface area contributed by atoms with Gasteiger partial charge in [0.25, 0.3) is 0 Å². The minimum atomic E-state index is -0.830. The molecule has 0 radical (unpaired) electrons. The highest BCUT2D eigenvalue weighted by molar-refractivity contribution is 5.22. The Bertz CT molecular complexity index is 277. The molecule has 1 rings (SSSR count). The molecule has 0 aliphatic carbocycles. The number of rotatable bonds is 4. The van der Waals surface area contributed by atoms with Crippen molar-refractivity contribution in [2.45, 2.75) is 38.7 Å². The highest BCUT2D eigenvalue weighted by Gasteiger charge is 2.21. The Labute approximate surface area is 84.6 Å². The molecule has 0 fully saturated rings. The molecule has 0 aromatic heterocycles. The molecule has 0 amide bonds. The summed E-state index contributed by atoms with van der Waals surface area (Å²) in [5, 5.41) is 10.1. The number of hydrogen-bond acceptors (Lipinski definition) is 1. The van der Waals surface area contributed by atoms with Crippen molar-refractivity contribution in [3.8, 4) is 0 Å². The van der Waals surface area contributed by atoms with Gasteiger partial charge in [-0.2, -0.15) is 0 Å². The van der Waals surface area contributed by atoms with Crippen LogP contribution in [-0.2, 0) is 5.60 Å². The molecule has 0 heterocycles. The zero-order valence-electron chi connectivity index (χ0n) is 8.76. The fourth-order valence-corrected chi connectivity index (χ4v) is 1.47. The average Bonchev–Trinajstić information content (AvgIpc) is 2.16. The molecule has 14 heavy (non-hydrogen) atoms. The zero-order chi connectivity index (χ0) is 10.6. The van der Waals surface area contributed by atoms with Crippen LogP contribution in [0.15, 0.2) is 24.3 Å². The minimum Gasteiger partial charge on any atom is -0.385 e. The van der Waals surface area contributed by atoms with Crippen molar-refractivity contribution in [2.75, 3.05) is 0 Å². The summed E-state index contributed by atoms with van der Waals surface area (Å²) >= 11 is 0. The highest BCUT2D eigenvalue weighted by Crippen LogP contribution is 2.26. The lowest BCUT2D eigenvalue weighted by Gasteiger charge is -2.23. The van der Waals surface area contributed by atoms with Crippen molar-refractivity contribution in [1.82, 2.24) is 0 Å². The van der Waals surface area contributed by atoms with Crippen LogP contribution >= 0.6 is 0 Å². The average molecular weight is 196 g/mol. The quantitative estimate of drug-likeness (QED) is 0.783. The van der Waals surface area contributed by atoms with Gasteiger partial charge >= 0.3 is 0 Å². The third-order valence-corrected chi connectivity index (χ3v) is 2.48. The molecule has 1 aromatic carbocycles. The SMILES string of the molecule is CCCCC(C)(O)c1ccc(F)cc1. The molecule has 0 aliphatic rings. The summed E-state index contributed by atoms with van der Waals surface area (Å²) < 4.78 is 12.6. The van der Waals surface area contributed by atoms with Crippen molar-refractivity contribution in [1.29, 1.82) is 0 Å². The van der Waals surface area contributed by atoms with E-state index in [1.807, 2.05) is 0 Å². The standard InChI is InChI=1S/C12H17FO/c1-3-4-9-12(2,14)10-5-7-11(13)8-6-10/h5-8,14H,3-4,9H2,1-2H3. The maximum atomic E-state index is 12.6. The van der Waals surface area contributed by atoms with E-state index in [0.717, 1.165) is 24.8 Å². The molecule has 0 saturated heterocycles. The fourth-order valence-electron chi connectivity index (χ4n) is 1.47. The minimum absolute atomic E-state index is 0.264. The zero-order valence-corrected chi connectivity index (χ0v) is 8.76. The molecule has 0 spiro atoms. The van der Waals surface area contributed by atoms with Crippen molar-refractivity contribution in [3.05, 3.63) is 35.6 Å². The first-order valence-electron chi connectivity index (χ1n) is 5.04. The van der Waals surface area contributed by atoms with Crippen LogP contribution in [0.5, 0.6) is 0 Å². The van der Waals surface area contributed by atoms with Gasteiger partial charge in [-0.3, -0.25) is 0 Å². The van der Waals surface area contributed by atoms with Gasteiger partial charge in [0.1, 0.15) is 5.82 Å². The van der Waals surface area contributed by atoms with Crippen LogP contribution in [0.25, 0.3) is 0 Å². The number of benzene rings is 1. The van der Waals surface area contributed by atoms with Gasteiger partial charge in [0.05, 0.1) is 5.60 Å². The van der Waals surface area contributed by atoms with Crippen LogP contribution in [0.4, 0.5) is 4.39 Å². The summed E-state index contributed by atoms with van der Waals surface area (Å²) in [6.45, 7) is 3.86. The molecule has 1 N–H and O–H groups in total. The van der Waals surface area contributed by atoms with E-state index in [-0.39, 0.29) is 5.82 Å². The van der Waals surface area contributed by atoms with Crippen LogP contribution < -0.4 is 0 Å². The molecule has 1 atom stereocenters. The molecule has 1 aromatic rings. The van der Waals surface area contributed by atoms with Gasteiger partial charge in [-0.25, -0.2) is 4.39 Å². The van der Waals surface area contributed by atoms with Crippen LogP contribution in [0.1, 0.15) is 38.7 Å². The summed E-state index contributed by atoms with van der Waals surface area (Å²) in [6.07, 6.45) is 2.75. The topological polar surface area (TPSA) is 20.2 Å². The largest absolute Gasteiger partial charge is 0.385 e. The maximum absolute atomic E-state index is 12.6. The molecule has 0 aliphatic heterocycles. The van der Waals surface area contributed by atoms with Crippen LogP contribution in [0.2, 0.25) is 0 Å². The fraction of sp³-hybridized carbons (Fsp3) is 0.500. The Morgan fingerprint density at radius 1 is 1.29 bits per heavy atom. The first-order valence-corrected chi connectivity index (χ1v) is 5.04. The van der Waals surface area contributed by atoms with E-state index in [1.165, 1.54) is 12.1 Å². The second kappa shape index (κ2) is 4.56. The monoisotopic (exact) mass is 196 g/mol. The van der Waals surface area contributed by atoms with Gasteiger partial charge in [-0.1, -0.05) is 31.9 Å². The Morgan fingerprint density at radius 2 is 1.86 bits per heavy atom. The third-order valence-electron chi connectivity index (χ3n) is 2.48. The summed E-state index contributed by atoms with van der Waals surface area (Å²) in [7, 11) is 0. The summed E-state index contributed by atoms with van der Waals surface area (Å²) in [5.41, 5.74) is -0.0451. The van der Waals surface area contributed by atoms with Gasteiger partial charge in [0, 0.05) is 0 Å². The summed E-state index contributed by atoms with van der Waals surface area (Å²) in [5.74, 6) is -0.264. The molecule has 1 unspecified atom stereocenters. The van der Waals surface area contributed by atoms with Crippen LogP contribution in [0, 0.1) is 5.82 Å². The second-order valence-electron chi connectivity index (χ2n) is 3.88. The van der Waals surface area contributed by atoms with Crippen LogP contribution in [0.3, 0.4) is 0 Å². The molecule has 0 saturated carbocycles. The number of aliphatic hydroxyl groups is 1. The van der Waals surface area contributed by atoms with E-state index in [1.54, 1.807) is 19.1 Å². The second-order valence-corrected chi connectivity index (χ2v) is 3.88. The Kier molecular flexibility index (Phi) is 3.64. The van der Waals surface area contributed by atoms with Crippen LogP contribution in [-0.4, -0.2) is 5.11 Å². The molecule has 1 nitrogen and oxygen atoms in total. The van der Waals surface area contributed by atoms with Gasteiger partial charge in [-0.05, 0) is 31.0 Å². The lowest BCUT2D eigenvalue weighted by atomic mass is 9.91. The third kappa shape index (κ3) is 2.81. The Morgan fingerprint density at radius 3 is 2.36 bits per heavy atom. The molecule has 0 bridgehead atoms. The summed E-state index contributed by atoms with van der Waals surface area (Å²) in [4.78, 5) is 0. The molecule has 78 valence electrons. The predicted octanol–water partition coefficient (Wildman–Crippen LogP) is 3.22. The first kappa shape index (κ1) is 11.2. The van der Waals surface area contributed by atoms with Crippen molar-refractivity contribution < 1.29 is 9.50 Å². The Balaban J connectivity index is 2.75. The van der Waals surface area contributed by atoms with E-state index >= 15 is 0 Å². The van der Waals surface area contributed by atoms with E-state index in [4.69, 9.17) is 0 Å². The van der Waals surface area contributed by atoms with Crippen molar-refractivity contribution >= 4 is 0 Å². The highest BCUT2D eigenvalue weighted by atomic mass is 19.1. The Hall–Kier alpha value is -0.890. The van der Waals surface area contributed by atoms with E-state index < -0.39 is 5.60 Å². The van der Waals surface area contributed by atoms with Crippen molar-refractivity contribution in [2.24, 2.45) is 0 Å². The number of unbranched alkanes of at least 4 members (excludes halogenated alkanes) is 1. The number of hydrogen-bond donors (Lipinski definition) is 1. The maximum Gasteiger partial charge on any atom is 0.123 e. The van der Waals surface area contributed by atoms with E-state index in [0.29, 0.717) is 0 Å². The predicted molar refractivity (Wildman–Crippen MR) is 55.5 cm³/mol. The van der Waals surface area contributed by atoms with E-state index in [9.17, 15) is 9.50 Å². The lowest BCUT2D eigenvalue weighted by molar-refractivity contribution is 0.0453. The van der Waals surface area contributed by atoms with Gasteiger partial charge in [-0.15, -0.1) is 0 Å². The summed E-state index contributed by atoms with van der Waals surface area (Å²) in [6, 6.07) is 6.06. The first-order chi connectivity index (χ1) is 6.56. The lowest BCUT2D eigenvalue weighted by Crippen LogP contribution is -2.20. The number of halogens is 1. The van der Waals surface area contributed by atoms with Gasteiger partial charge in [0.2, 0.25) is 0 Å². The van der Waals surface area contributed by atoms with Gasteiger partial charge in [0.15, 0.2) is 0 Å². The van der Waals surface area contributed by atoms with Gasteiger partial charge < -0.3 is 5.11 Å². The smallest absolute Gasteiger partial charge is 0.123 e.